The van der Waals surface area contributed by atoms with Gasteiger partial charge in [0.1, 0.15) is 23.1 Å². The number of carbonyl (C=O) groups excluding carboxylic acids is 3. The van der Waals surface area contributed by atoms with Gasteiger partial charge in [-0.05, 0) is 68.5 Å². The summed E-state index contributed by atoms with van der Waals surface area (Å²) in [6, 6.07) is 10.1. The van der Waals surface area contributed by atoms with Crippen LogP contribution in [0.1, 0.15) is 87.2 Å². The summed E-state index contributed by atoms with van der Waals surface area (Å²) in [5.74, 6) is 0.956. The van der Waals surface area contributed by atoms with Crippen LogP contribution in [-0.2, 0) is 16.1 Å². The second kappa shape index (κ2) is 13.4. The fraction of sp³-hybridized carbons (Fsp3) is 0.576. The lowest BCUT2D eigenvalue weighted by molar-refractivity contribution is -0.163. The maximum Gasteiger partial charge on any atom is 0.251 e. The number of nitrogens with one attached hydrogen (secondary N) is 2. The summed E-state index contributed by atoms with van der Waals surface area (Å²) in [5.41, 5.74) is -0.257. The minimum absolute atomic E-state index is 0.0407. The van der Waals surface area contributed by atoms with Crippen LogP contribution in [0.4, 0.5) is 0 Å². The van der Waals surface area contributed by atoms with E-state index in [-0.39, 0.29) is 17.7 Å². The third-order valence-corrected chi connectivity index (χ3v) is 9.36. The number of nitrogens with zero attached hydrogens (tertiary/aromatic N) is 3. The van der Waals surface area contributed by atoms with E-state index in [1.54, 1.807) is 37.5 Å². The van der Waals surface area contributed by atoms with Crippen molar-refractivity contribution in [2.75, 3.05) is 26.7 Å². The Morgan fingerprint density at radius 2 is 1.74 bits per heavy atom. The number of hydrogen-bond acceptors (Lipinski definition) is 7. The maximum atomic E-state index is 13.8. The SMILES string of the molecule is CCCCN1C(=O)[C@@H](CC2(O)CCCCC2)NC(=O)C12CCN(Cc1ccc(Oc3ccc(C(=O)NC)cc3)cn1)CC2. The predicted molar refractivity (Wildman–Crippen MR) is 163 cm³/mol. The molecule has 3 heterocycles. The van der Waals surface area contributed by atoms with Gasteiger partial charge < -0.3 is 25.4 Å². The fourth-order valence-corrected chi connectivity index (χ4v) is 6.78. The second-order valence-corrected chi connectivity index (χ2v) is 12.4. The number of rotatable bonds is 10. The van der Waals surface area contributed by atoms with Crippen LogP contribution in [0, 0.1) is 0 Å². The minimum atomic E-state index is -0.874. The molecule has 2 aromatic rings. The highest BCUT2D eigenvalue weighted by atomic mass is 16.5. The highest BCUT2D eigenvalue weighted by molar-refractivity contribution is 6.00. The van der Waals surface area contributed by atoms with Crippen molar-refractivity contribution in [3.05, 3.63) is 53.9 Å². The quantitative estimate of drug-likeness (QED) is 0.384. The molecule has 2 aliphatic heterocycles. The monoisotopic (exact) mass is 591 g/mol. The largest absolute Gasteiger partial charge is 0.456 e. The van der Waals surface area contributed by atoms with Crippen LogP contribution in [0.25, 0.3) is 0 Å². The number of benzene rings is 1. The zero-order chi connectivity index (χ0) is 30.5. The van der Waals surface area contributed by atoms with Crippen LogP contribution in [-0.4, -0.2) is 81.5 Å². The van der Waals surface area contributed by atoms with Crippen molar-refractivity contribution in [2.45, 2.75) is 94.9 Å². The van der Waals surface area contributed by atoms with Crippen molar-refractivity contribution in [1.29, 1.82) is 0 Å². The van der Waals surface area contributed by atoms with Crippen molar-refractivity contribution in [3.63, 3.8) is 0 Å². The molecule has 0 unspecified atom stereocenters. The van der Waals surface area contributed by atoms with E-state index >= 15 is 0 Å². The molecule has 1 aromatic heterocycles. The first kappa shape index (κ1) is 30.9. The van der Waals surface area contributed by atoms with Gasteiger partial charge in [0.2, 0.25) is 11.8 Å². The lowest BCUT2D eigenvalue weighted by atomic mass is 9.77. The first-order valence-corrected chi connectivity index (χ1v) is 15.8. The number of amides is 3. The van der Waals surface area contributed by atoms with Gasteiger partial charge >= 0.3 is 0 Å². The Balaban J connectivity index is 1.19. The maximum absolute atomic E-state index is 13.8. The highest BCUT2D eigenvalue weighted by Gasteiger charge is 2.54. The number of likely N-dealkylation sites (tertiary alicyclic amines) is 1. The summed E-state index contributed by atoms with van der Waals surface area (Å²) < 4.78 is 5.89. The average Bonchev–Trinajstić information content (AvgIpc) is 3.02. The average molecular weight is 592 g/mol. The summed E-state index contributed by atoms with van der Waals surface area (Å²) in [4.78, 5) is 48.0. The zero-order valence-corrected chi connectivity index (χ0v) is 25.4. The summed E-state index contributed by atoms with van der Waals surface area (Å²) in [7, 11) is 1.60. The molecule has 232 valence electrons. The van der Waals surface area contributed by atoms with Crippen LogP contribution < -0.4 is 15.4 Å². The summed E-state index contributed by atoms with van der Waals surface area (Å²) in [5, 5.41) is 16.8. The molecule has 10 nitrogen and oxygen atoms in total. The number of ether oxygens (including phenoxy) is 1. The Kier molecular flexibility index (Phi) is 9.66. The van der Waals surface area contributed by atoms with Crippen LogP contribution in [0.5, 0.6) is 11.5 Å². The van der Waals surface area contributed by atoms with Gasteiger partial charge in [0.05, 0.1) is 17.5 Å². The lowest BCUT2D eigenvalue weighted by Crippen LogP contribution is -2.73. The van der Waals surface area contributed by atoms with E-state index in [2.05, 4.69) is 27.4 Å². The molecule has 0 radical (unpaired) electrons. The number of carbonyl (C=O) groups is 3. The fourth-order valence-electron chi connectivity index (χ4n) is 6.78. The highest BCUT2D eigenvalue weighted by Crippen LogP contribution is 2.37. The van der Waals surface area contributed by atoms with Crippen LogP contribution in [0.2, 0.25) is 0 Å². The van der Waals surface area contributed by atoms with Crippen LogP contribution in [0.3, 0.4) is 0 Å². The van der Waals surface area contributed by atoms with Crippen molar-refractivity contribution in [1.82, 2.24) is 25.4 Å². The normalized spacial score (nSPS) is 21.8. The zero-order valence-electron chi connectivity index (χ0n) is 25.4. The van der Waals surface area contributed by atoms with Gasteiger partial charge in [0.15, 0.2) is 0 Å². The van der Waals surface area contributed by atoms with Crippen molar-refractivity contribution in [3.8, 4) is 11.5 Å². The number of pyridine rings is 1. The summed E-state index contributed by atoms with van der Waals surface area (Å²) >= 11 is 0. The van der Waals surface area contributed by atoms with Gasteiger partial charge in [-0.15, -0.1) is 0 Å². The predicted octanol–water partition coefficient (Wildman–Crippen LogP) is 3.78. The molecule has 1 spiro atoms. The molecule has 43 heavy (non-hydrogen) atoms. The molecule has 1 aliphatic carbocycles. The number of aliphatic hydroxyl groups is 1. The minimum Gasteiger partial charge on any atom is -0.456 e. The Morgan fingerprint density at radius 1 is 1.05 bits per heavy atom. The topological polar surface area (TPSA) is 124 Å². The first-order valence-electron chi connectivity index (χ1n) is 15.8. The molecule has 3 aliphatic rings. The van der Waals surface area contributed by atoms with Gasteiger partial charge in [-0.2, -0.15) is 0 Å². The molecule has 1 aromatic carbocycles. The van der Waals surface area contributed by atoms with Crippen molar-refractivity contribution >= 4 is 17.7 Å². The van der Waals surface area contributed by atoms with E-state index < -0.39 is 17.2 Å². The number of aromatic nitrogens is 1. The molecule has 1 atom stereocenters. The Bertz CT molecular complexity index is 1270. The number of unbranched alkanes of at least 4 members (excludes halogenated alkanes) is 1. The van der Waals surface area contributed by atoms with E-state index in [0.717, 1.165) is 37.8 Å². The molecule has 10 heteroatoms. The molecular weight excluding hydrogens is 546 g/mol. The smallest absolute Gasteiger partial charge is 0.251 e. The lowest BCUT2D eigenvalue weighted by Gasteiger charge is -2.52. The van der Waals surface area contributed by atoms with Crippen LogP contribution >= 0.6 is 0 Å². The van der Waals surface area contributed by atoms with E-state index in [9.17, 15) is 19.5 Å². The van der Waals surface area contributed by atoms with E-state index in [0.29, 0.717) is 75.3 Å². The van der Waals surface area contributed by atoms with Crippen LogP contribution in [0.15, 0.2) is 42.6 Å². The number of piperidine rings is 1. The Hall–Kier alpha value is -3.50. The summed E-state index contributed by atoms with van der Waals surface area (Å²) in [6.07, 6.45) is 9.32. The molecule has 1 saturated carbocycles. The second-order valence-electron chi connectivity index (χ2n) is 12.4. The molecule has 2 saturated heterocycles. The Labute approximate surface area is 254 Å². The molecular formula is C33H45N5O5. The number of piperazine rings is 1. The third kappa shape index (κ3) is 7.02. The molecule has 3 N–H and O–H groups in total. The number of hydrogen-bond donors (Lipinski definition) is 3. The molecule has 3 fully saturated rings. The van der Waals surface area contributed by atoms with E-state index in [4.69, 9.17) is 4.74 Å². The van der Waals surface area contributed by atoms with Gasteiger partial charge in [-0.3, -0.25) is 24.3 Å². The van der Waals surface area contributed by atoms with Gasteiger partial charge in [0, 0.05) is 45.2 Å². The van der Waals surface area contributed by atoms with Crippen molar-refractivity contribution < 1.29 is 24.2 Å². The molecule has 0 bridgehead atoms. The van der Waals surface area contributed by atoms with E-state index in [1.807, 2.05) is 17.0 Å². The summed E-state index contributed by atoms with van der Waals surface area (Å²) in [6.45, 7) is 4.65. The van der Waals surface area contributed by atoms with Crippen molar-refractivity contribution in [2.24, 2.45) is 0 Å². The van der Waals surface area contributed by atoms with Gasteiger partial charge in [-0.1, -0.05) is 32.6 Å². The Morgan fingerprint density at radius 3 is 2.37 bits per heavy atom. The standard InChI is InChI=1S/C33H45N5O5/c1-3-4-18-38-30(40)28(21-32(42)14-6-5-7-15-32)36-31(41)33(38)16-19-37(20-17-33)23-25-10-13-27(22-35-25)43-26-11-8-24(9-12-26)29(39)34-2/h8-13,22,28,42H,3-7,14-21,23H2,1-2H3,(H,34,39)(H,36,41)/t28-/m1/s1. The van der Waals surface area contributed by atoms with Gasteiger partial charge in [-0.25, -0.2) is 0 Å². The molecule has 5 rings (SSSR count). The third-order valence-electron chi connectivity index (χ3n) is 9.36. The molecule has 3 amide bonds. The first-order chi connectivity index (χ1) is 20.7. The van der Waals surface area contributed by atoms with Gasteiger partial charge in [0.25, 0.3) is 5.91 Å². The van der Waals surface area contributed by atoms with E-state index in [1.165, 1.54) is 0 Å².